The van der Waals surface area contributed by atoms with Gasteiger partial charge in [0.05, 0.1) is 5.56 Å². The number of hydrogen-bond donors (Lipinski definition) is 3. The summed E-state index contributed by atoms with van der Waals surface area (Å²) in [7, 11) is 0. The molecule has 0 radical (unpaired) electrons. The second-order valence-electron chi connectivity index (χ2n) is 4.68. The summed E-state index contributed by atoms with van der Waals surface area (Å²) in [6, 6.07) is 5.96. The standard InChI is InChI=1S/C13H15N3O/c1-7-12(13(17)16-9-3-4-9)10-6-8(14)2-5-11(10)15-7/h2,5-6,9,15H,3-4,14H2,1H3,(H,16,17). The van der Waals surface area contributed by atoms with Crippen LogP contribution in [0.5, 0.6) is 0 Å². The van der Waals surface area contributed by atoms with Crippen molar-refractivity contribution in [3.63, 3.8) is 0 Å². The van der Waals surface area contributed by atoms with Gasteiger partial charge in [0.2, 0.25) is 0 Å². The van der Waals surface area contributed by atoms with Gasteiger partial charge in [-0.15, -0.1) is 0 Å². The van der Waals surface area contributed by atoms with Gasteiger partial charge in [0.25, 0.3) is 5.91 Å². The van der Waals surface area contributed by atoms with E-state index in [1.165, 1.54) is 0 Å². The summed E-state index contributed by atoms with van der Waals surface area (Å²) in [6.07, 6.45) is 2.19. The summed E-state index contributed by atoms with van der Waals surface area (Å²) in [4.78, 5) is 15.3. The van der Waals surface area contributed by atoms with E-state index in [-0.39, 0.29) is 5.91 Å². The second kappa shape index (κ2) is 3.52. The molecule has 1 saturated carbocycles. The number of benzene rings is 1. The number of anilines is 1. The van der Waals surface area contributed by atoms with E-state index in [1.807, 2.05) is 25.1 Å². The highest BCUT2D eigenvalue weighted by atomic mass is 16.1. The van der Waals surface area contributed by atoms with Crippen molar-refractivity contribution < 1.29 is 4.79 Å². The molecule has 0 atom stereocenters. The van der Waals surface area contributed by atoms with Crippen LogP contribution in [0, 0.1) is 6.92 Å². The van der Waals surface area contributed by atoms with Crippen molar-refractivity contribution in [2.45, 2.75) is 25.8 Å². The highest BCUT2D eigenvalue weighted by Gasteiger charge is 2.26. The van der Waals surface area contributed by atoms with Crippen LogP contribution in [0.25, 0.3) is 10.9 Å². The highest BCUT2D eigenvalue weighted by Crippen LogP contribution is 2.26. The average molecular weight is 229 g/mol. The van der Waals surface area contributed by atoms with Gasteiger partial charge in [0, 0.05) is 28.3 Å². The van der Waals surface area contributed by atoms with Crippen molar-refractivity contribution in [1.29, 1.82) is 0 Å². The lowest BCUT2D eigenvalue weighted by molar-refractivity contribution is 0.0952. The molecule has 2 aromatic rings. The van der Waals surface area contributed by atoms with Crippen molar-refractivity contribution in [2.75, 3.05) is 5.73 Å². The molecule has 1 amide bonds. The molecule has 1 aliphatic carbocycles. The number of rotatable bonds is 2. The number of fused-ring (bicyclic) bond motifs is 1. The maximum Gasteiger partial charge on any atom is 0.253 e. The van der Waals surface area contributed by atoms with E-state index in [0.29, 0.717) is 11.7 Å². The Morgan fingerprint density at radius 2 is 2.24 bits per heavy atom. The number of carbonyl (C=O) groups excluding carboxylic acids is 1. The molecule has 3 rings (SSSR count). The number of aromatic nitrogens is 1. The number of amides is 1. The number of hydrogen-bond acceptors (Lipinski definition) is 2. The van der Waals surface area contributed by atoms with Crippen LogP contribution in [0.3, 0.4) is 0 Å². The first kappa shape index (κ1) is 10.2. The molecule has 4 nitrogen and oxygen atoms in total. The summed E-state index contributed by atoms with van der Waals surface area (Å²) in [5.41, 5.74) is 9.02. The lowest BCUT2D eigenvalue weighted by atomic mass is 10.1. The maximum atomic E-state index is 12.1. The van der Waals surface area contributed by atoms with Crippen molar-refractivity contribution in [3.8, 4) is 0 Å². The molecule has 1 heterocycles. The smallest absolute Gasteiger partial charge is 0.253 e. The van der Waals surface area contributed by atoms with E-state index < -0.39 is 0 Å². The minimum Gasteiger partial charge on any atom is -0.399 e. The minimum atomic E-state index is 0.00171. The molecule has 88 valence electrons. The Labute approximate surface area is 99.2 Å². The van der Waals surface area contributed by atoms with E-state index in [0.717, 1.165) is 35.0 Å². The van der Waals surface area contributed by atoms with Crippen LogP contribution in [-0.2, 0) is 0 Å². The van der Waals surface area contributed by atoms with Crippen molar-refractivity contribution in [2.24, 2.45) is 0 Å². The summed E-state index contributed by atoms with van der Waals surface area (Å²) < 4.78 is 0. The zero-order chi connectivity index (χ0) is 12.0. The maximum absolute atomic E-state index is 12.1. The fraction of sp³-hybridized carbons (Fsp3) is 0.308. The predicted molar refractivity (Wildman–Crippen MR) is 67.9 cm³/mol. The molecular formula is C13H15N3O. The topological polar surface area (TPSA) is 70.9 Å². The van der Waals surface area contributed by atoms with Crippen LogP contribution in [0.1, 0.15) is 28.9 Å². The first-order valence-corrected chi connectivity index (χ1v) is 5.84. The molecule has 1 aromatic heterocycles. The van der Waals surface area contributed by atoms with Gasteiger partial charge in [-0.3, -0.25) is 4.79 Å². The number of carbonyl (C=O) groups is 1. The van der Waals surface area contributed by atoms with Crippen LogP contribution >= 0.6 is 0 Å². The number of H-pyrrole nitrogens is 1. The lowest BCUT2D eigenvalue weighted by Crippen LogP contribution is -2.25. The number of nitrogens with one attached hydrogen (secondary N) is 2. The van der Waals surface area contributed by atoms with E-state index in [2.05, 4.69) is 10.3 Å². The number of aromatic amines is 1. The second-order valence-corrected chi connectivity index (χ2v) is 4.68. The predicted octanol–water partition coefficient (Wildman–Crippen LogP) is 1.95. The van der Waals surface area contributed by atoms with E-state index in [9.17, 15) is 4.79 Å². The number of nitrogens with two attached hydrogens (primary N) is 1. The highest BCUT2D eigenvalue weighted by molar-refractivity contribution is 6.08. The van der Waals surface area contributed by atoms with Crippen molar-refractivity contribution >= 4 is 22.5 Å². The molecule has 0 unspecified atom stereocenters. The van der Waals surface area contributed by atoms with Crippen molar-refractivity contribution in [3.05, 3.63) is 29.5 Å². The molecule has 0 aliphatic heterocycles. The van der Waals surface area contributed by atoms with Gasteiger partial charge >= 0.3 is 0 Å². The molecule has 17 heavy (non-hydrogen) atoms. The Morgan fingerprint density at radius 1 is 1.47 bits per heavy atom. The van der Waals surface area contributed by atoms with E-state index >= 15 is 0 Å². The molecule has 0 saturated heterocycles. The van der Waals surface area contributed by atoms with Crippen molar-refractivity contribution in [1.82, 2.24) is 10.3 Å². The molecule has 4 heteroatoms. The van der Waals surface area contributed by atoms with Crippen LogP contribution in [0.2, 0.25) is 0 Å². The largest absolute Gasteiger partial charge is 0.399 e. The Hall–Kier alpha value is -1.97. The van der Waals surface area contributed by atoms with Gasteiger partial charge in [-0.2, -0.15) is 0 Å². The van der Waals surface area contributed by atoms with Gasteiger partial charge in [-0.1, -0.05) is 0 Å². The number of aryl methyl sites for hydroxylation is 1. The zero-order valence-electron chi connectivity index (χ0n) is 9.71. The quantitative estimate of drug-likeness (QED) is 0.689. The Bertz CT molecular complexity index is 596. The first-order chi connectivity index (χ1) is 8.15. The Morgan fingerprint density at radius 3 is 2.94 bits per heavy atom. The molecule has 0 bridgehead atoms. The monoisotopic (exact) mass is 229 g/mol. The third-order valence-electron chi connectivity index (χ3n) is 3.15. The summed E-state index contributed by atoms with van der Waals surface area (Å²) >= 11 is 0. The van der Waals surface area contributed by atoms with Crippen LogP contribution < -0.4 is 11.1 Å². The third-order valence-corrected chi connectivity index (χ3v) is 3.15. The molecule has 0 spiro atoms. The van der Waals surface area contributed by atoms with Gasteiger partial charge in [-0.25, -0.2) is 0 Å². The fourth-order valence-corrected chi connectivity index (χ4v) is 2.12. The molecule has 4 N–H and O–H groups in total. The van der Waals surface area contributed by atoms with Crippen LogP contribution in [0.4, 0.5) is 5.69 Å². The van der Waals surface area contributed by atoms with Crippen LogP contribution in [-0.4, -0.2) is 16.9 Å². The number of nitrogen functional groups attached to an aromatic ring is 1. The van der Waals surface area contributed by atoms with Gasteiger partial charge in [0.1, 0.15) is 0 Å². The lowest BCUT2D eigenvalue weighted by Gasteiger charge is -2.03. The molecular weight excluding hydrogens is 214 g/mol. The summed E-state index contributed by atoms with van der Waals surface area (Å²) in [5, 5.41) is 3.91. The average Bonchev–Trinajstić information content (AvgIpc) is 3.00. The first-order valence-electron chi connectivity index (χ1n) is 5.84. The third kappa shape index (κ3) is 1.75. The van der Waals surface area contributed by atoms with Gasteiger partial charge in [-0.05, 0) is 38.0 Å². The molecule has 1 fully saturated rings. The van der Waals surface area contributed by atoms with Gasteiger partial charge in [0.15, 0.2) is 0 Å². The minimum absolute atomic E-state index is 0.00171. The molecule has 1 aromatic carbocycles. The zero-order valence-corrected chi connectivity index (χ0v) is 9.71. The normalized spacial score (nSPS) is 15.1. The van der Waals surface area contributed by atoms with E-state index in [4.69, 9.17) is 5.73 Å². The summed E-state index contributed by atoms with van der Waals surface area (Å²) in [6.45, 7) is 1.91. The van der Waals surface area contributed by atoms with Crippen LogP contribution in [0.15, 0.2) is 18.2 Å². The Kier molecular flexibility index (Phi) is 2.11. The Balaban J connectivity index is 2.09. The summed E-state index contributed by atoms with van der Waals surface area (Å²) in [5.74, 6) is 0.00171. The SMILES string of the molecule is Cc1[nH]c2ccc(N)cc2c1C(=O)NC1CC1. The van der Waals surface area contributed by atoms with E-state index in [1.54, 1.807) is 0 Å². The fourth-order valence-electron chi connectivity index (χ4n) is 2.12. The van der Waals surface area contributed by atoms with Gasteiger partial charge < -0.3 is 16.0 Å². The molecule has 1 aliphatic rings.